The summed E-state index contributed by atoms with van der Waals surface area (Å²) in [5.41, 5.74) is 6.17. The van der Waals surface area contributed by atoms with Gasteiger partial charge in [-0.1, -0.05) is 11.6 Å². The molecule has 0 saturated heterocycles. The van der Waals surface area contributed by atoms with Gasteiger partial charge in [-0.2, -0.15) is 11.8 Å². The summed E-state index contributed by atoms with van der Waals surface area (Å²) in [6.45, 7) is 0. The summed E-state index contributed by atoms with van der Waals surface area (Å²) < 4.78 is 0. The molecule has 0 aliphatic rings. The van der Waals surface area contributed by atoms with Crippen molar-refractivity contribution >= 4 is 46.8 Å². The number of anilines is 1. The molecule has 2 aromatic rings. The van der Waals surface area contributed by atoms with Gasteiger partial charge in [0, 0.05) is 22.5 Å². The SMILES string of the molecule is CSCC[C@H](NC(=O)c1cc(Cl)ccn1)C(=O)Nc1ccc(C(N)=O)cc1. The van der Waals surface area contributed by atoms with Crippen LogP contribution in [0.4, 0.5) is 5.69 Å². The first-order chi connectivity index (χ1) is 12.9. The van der Waals surface area contributed by atoms with Gasteiger partial charge in [0.1, 0.15) is 11.7 Å². The second-order valence-electron chi connectivity index (χ2n) is 5.60. The van der Waals surface area contributed by atoms with Gasteiger partial charge in [0.05, 0.1) is 0 Å². The zero-order valence-electron chi connectivity index (χ0n) is 14.6. The molecular formula is C18H19ClN4O3S. The number of thioether (sulfide) groups is 1. The van der Waals surface area contributed by atoms with Crippen molar-refractivity contribution < 1.29 is 14.4 Å². The number of benzene rings is 1. The van der Waals surface area contributed by atoms with Gasteiger partial charge in [0.15, 0.2) is 0 Å². The van der Waals surface area contributed by atoms with Crippen LogP contribution < -0.4 is 16.4 Å². The summed E-state index contributed by atoms with van der Waals surface area (Å²) in [6.07, 6.45) is 3.78. The van der Waals surface area contributed by atoms with Crippen LogP contribution in [-0.4, -0.2) is 40.8 Å². The Kier molecular flexibility index (Phi) is 7.63. The highest BCUT2D eigenvalue weighted by Crippen LogP contribution is 2.12. The van der Waals surface area contributed by atoms with Gasteiger partial charge in [0.25, 0.3) is 5.91 Å². The maximum Gasteiger partial charge on any atom is 0.270 e. The minimum atomic E-state index is -0.749. The van der Waals surface area contributed by atoms with Gasteiger partial charge in [-0.3, -0.25) is 19.4 Å². The number of halogens is 1. The van der Waals surface area contributed by atoms with Crippen molar-refractivity contribution in [2.45, 2.75) is 12.5 Å². The molecule has 0 radical (unpaired) electrons. The smallest absolute Gasteiger partial charge is 0.270 e. The molecule has 4 N–H and O–H groups in total. The molecule has 0 spiro atoms. The molecule has 0 aliphatic heterocycles. The van der Waals surface area contributed by atoms with E-state index in [4.69, 9.17) is 17.3 Å². The van der Waals surface area contributed by atoms with Crippen molar-refractivity contribution in [1.29, 1.82) is 0 Å². The average molecular weight is 407 g/mol. The van der Waals surface area contributed by atoms with Crippen LogP contribution in [-0.2, 0) is 4.79 Å². The standard InChI is InChI=1S/C18H19ClN4O3S/c1-27-9-7-14(23-18(26)15-10-12(19)6-8-21-15)17(25)22-13-4-2-11(3-5-13)16(20)24/h2-6,8,10,14H,7,9H2,1H3,(H2,20,24)(H,22,25)(H,23,26)/t14-/m0/s1. The van der Waals surface area contributed by atoms with Gasteiger partial charge >= 0.3 is 0 Å². The molecule has 7 nitrogen and oxygen atoms in total. The number of nitrogens with zero attached hydrogens (tertiary/aromatic N) is 1. The summed E-state index contributed by atoms with van der Waals surface area (Å²) in [7, 11) is 0. The Hall–Kier alpha value is -2.58. The highest BCUT2D eigenvalue weighted by atomic mass is 35.5. The summed E-state index contributed by atoms with van der Waals surface area (Å²) in [5.74, 6) is -0.719. The van der Waals surface area contributed by atoms with Gasteiger partial charge in [-0.15, -0.1) is 0 Å². The third kappa shape index (κ3) is 6.26. The molecule has 0 unspecified atom stereocenters. The predicted octanol–water partition coefficient (Wildman–Crippen LogP) is 2.32. The van der Waals surface area contributed by atoms with Crippen molar-refractivity contribution in [2.24, 2.45) is 5.73 Å². The Morgan fingerprint density at radius 2 is 1.93 bits per heavy atom. The molecular weight excluding hydrogens is 388 g/mol. The van der Waals surface area contributed by atoms with Crippen molar-refractivity contribution in [2.75, 3.05) is 17.3 Å². The van der Waals surface area contributed by atoms with E-state index in [1.54, 1.807) is 30.0 Å². The first kappa shape index (κ1) is 20.7. The number of hydrogen-bond acceptors (Lipinski definition) is 5. The van der Waals surface area contributed by atoms with Crippen LogP contribution in [0.2, 0.25) is 5.02 Å². The third-order valence-electron chi connectivity index (χ3n) is 3.62. The second-order valence-corrected chi connectivity index (χ2v) is 7.02. The number of carbonyl (C=O) groups excluding carboxylic acids is 3. The van der Waals surface area contributed by atoms with Crippen LogP contribution in [0.5, 0.6) is 0 Å². The minimum absolute atomic E-state index is 0.135. The van der Waals surface area contributed by atoms with Crippen molar-refractivity contribution in [3.05, 3.63) is 58.9 Å². The monoisotopic (exact) mass is 406 g/mol. The minimum Gasteiger partial charge on any atom is -0.366 e. The fourth-order valence-corrected chi connectivity index (χ4v) is 2.84. The van der Waals surface area contributed by atoms with Gasteiger partial charge < -0.3 is 16.4 Å². The molecule has 9 heteroatoms. The van der Waals surface area contributed by atoms with Crippen LogP contribution in [0.25, 0.3) is 0 Å². The summed E-state index contributed by atoms with van der Waals surface area (Å²) >= 11 is 7.44. The van der Waals surface area contributed by atoms with Crippen LogP contribution in [0.3, 0.4) is 0 Å². The van der Waals surface area contributed by atoms with Crippen molar-refractivity contribution in [1.82, 2.24) is 10.3 Å². The average Bonchev–Trinajstić information content (AvgIpc) is 2.65. The molecule has 1 atom stereocenters. The highest BCUT2D eigenvalue weighted by Gasteiger charge is 2.22. The predicted molar refractivity (Wildman–Crippen MR) is 107 cm³/mol. The molecule has 1 aromatic heterocycles. The Balaban J connectivity index is 2.08. The molecule has 0 saturated carbocycles. The van der Waals surface area contributed by atoms with E-state index in [9.17, 15) is 14.4 Å². The number of carbonyl (C=O) groups is 3. The van der Waals surface area contributed by atoms with E-state index in [-0.39, 0.29) is 11.6 Å². The van der Waals surface area contributed by atoms with Gasteiger partial charge in [-0.25, -0.2) is 0 Å². The normalized spacial score (nSPS) is 11.5. The topological polar surface area (TPSA) is 114 Å². The maximum absolute atomic E-state index is 12.6. The number of rotatable bonds is 8. The molecule has 3 amide bonds. The van der Waals surface area contributed by atoms with Gasteiger partial charge in [-0.05, 0) is 54.8 Å². The largest absolute Gasteiger partial charge is 0.366 e. The zero-order valence-corrected chi connectivity index (χ0v) is 16.1. The number of hydrogen-bond donors (Lipinski definition) is 3. The molecule has 2 rings (SSSR count). The van der Waals surface area contributed by atoms with E-state index in [1.165, 1.54) is 24.4 Å². The molecule has 1 aromatic carbocycles. The Morgan fingerprint density at radius 1 is 1.22 bits per heavy atom. The second kappa shape index (κ2) is 9.94. The lowest BCUT2D eigenvalue weighted by atomic mass is 10.1. The Labute approximate surface area is 166 Å². The lowest BCUT2D eigenvalue weighted by molar-refractivity contribution is -0.118. The third-order valence-corrected chi connectivity index (χ3v) is 4.50. The van der Waals surface area contributed by atoms with Crippen molar-refractivity contribution in [3.63, 3.8) is 0 Å². The molecule has 0 bridgehead atoms. The van der Waals surface area contributed by atoms with Crippen LogP contribution in [0.15, 0.2) is 42.6 Å². The van der Waals surface area contributed by atoms with E-state index in [0.717, 1.165) is 0 Å². The molecule has 0 aliphatic carbocycles. The quantitative estimate of drug-likeness (QED) is 0.622. The van der Waals surface area contributed by atoms with Gasteiger partial charge in [0.2, 0.25) is 11.8 Å². The molecule has 1 heterocycles. The first-order valence-electron chi connectivity index (χ1n) is 8.03. The first-order valence-corrected chi connectivity index (χ1v) is 9.80. The molecule has 142 valence electrons. The number of amides is 3. The van der Waals surface area contributed by atoms with E-state index in [0.29, 0.717) is 28.4 Å². The summed E-state index contributed by atoms with van der Waals surface area (Å²) in [4.78, 5) is 40.1. The van der Waals surface area contributed by atoms with Crippen LogP contribution >= 0.6 is 23.4 Å². The van der Waals surface area contributed by atoms with Crippen LogP contribution in [0, 0.1) is 0 Å². The van der Waals surface area contributed by atoms with E-state index in [1.807, 2.05) is 6.26 Å². The van der Waals surface area contributed by atoms with E-state index < -0.39 is 17.9 Å². The number of primary amides is 1. The molecule has 0 fully saturated rings. The summed E-state index contributed by atoms with van der Waals surface area (Å²) in [6, 6.07) is 8.43. The number of aromatic nitrogens is 1. The highest BCUT2D eigenvalue weighted by molar-refractivity contribution is 7.98. The number of nitrogens with two attached hydrogens (primary N) is 1. The lowest BCUT2D eigenvalue weighted by Crippen LogP contribution is -2.44. The Morgan fingerprint density at radius 3 is 2.52 bits per heavy atom. The fraction of sp³-hybridized carbons (Fsp3) is 0.222. The Bertz CT molecular complexity index is 830. The van der Waals surface area contributed by atoms with Crippen molar-refractivity contribution in [3.8, 4) is 0 Å². The fourth-order valence-electron chi connectivity index (χ4n) is 2.21. The number of nitrogens with one attached hydrogen (secondary N) is 2. The lowest BCUT2D eigenvalue weighted by Gasteiger charge is -2.18. The number of pyridine rings is 1. The zero-order chi connectivity index (χ0) is 19.8. The van der Waals surface area contributed by atoms with Crippen LogP contribution in [0.1, 0.15) is 27.3 Å². The summed E-state index contributed by atoms with van der Waals surface area (Å²) in [5, 5.41) is 5.79. The molecule has 27 heavy (non-hydrogen) atoms. The van der Waals surface area contributed by atoms with E-state index in [2.05, 4.69) is 15.6 Å². The van der Waals surface area contributed by atoms with E-state index >= 15 is 0 Å². The maximum atomic E-state index is 12.6.